The molecule has 0 radical (unpaired) electrons. The summed E-state index contributed by atoms with van der Waals surface area (Å²) in [6.07, 6.45) is 13.6. The minimum absolute atomic E-state index is 0.117. The van der Waals surface area contributed by atoms with Crippen molar-refractivity contribution in [3.63, 3.8) is 0 Å². The molecule has 5 nitrogen and oxygen atoms in total. The highest BCUT2D eigenvalue weighted by atomic mass is 16.5. The molecule has 2 heterocycles. The molecule has 1 aliphatic heterocycles. The third-order valence-corrected chi connectivity index (χ3v) is 4.79. The molecule has 0 saturated carbocycles. The fraction of sp³-hybridized carbons (Fsp3) is 0.556. The highest BCUT2D eigenvalue weighted by molar-refractivity contribution is 5.45. The molecule has 2 unspecified atom stereocenters. The lowest BCUT2D eigenvalue weighted by Crippen LogP contribution is -2.45. The van der Waals surface area contributed by atoms with E-state index in [0.29, 0.717) is 17.9 Å². The Labute approximate surface area is 138 Å². The molecule has 3 atom stereocenters. The van der Waals surface area contributed by atoms with Gasteiger partial charge >= 0.3 is 0 Å². The van der Waals surface area contributed by atoms with E-state index in [1.54, 1.807) is 7.11 Å². The van der Waals surface area contributed by atoms with Crippen molar-refractivity contribution in [2.75, 3.05) is 24.3 Å². The van der Waals surface area contributed by atoms with Gasteiger partial charge in [-0.1, -0.05) is 37.1 Å². The molecule has 1 saturated heterocycles. The molecule has 1 aliphatic carbocycles. The Hall–Kier alpha value is -1.88. The summed E-state index contributed by atoms with van der Waals surface area (Å²) >= 11 is 0. The molecule has 0 aromatic carbocycles. The van der Waals surface area contributed by atoms with Crippen LogP contribution in [-0.2, 0) is 4.74 Å². The van der Waals surface area contributed by atoms with Gasteiger partial charge in [-0.3, -0.25) is 0 Å². The predicted molar refractivity (Wildman–Crippen MR) is 93.4 cm³/mol. The van der Waals surface area contributed by atoms with Crippen molar-refractivity contribution in [3.8, 4) is 0 Å². The van der Waals surface area contributed by atoms with Crippen LogP contribution >= 0.6 is 0 Å². The van der Waals surface area contributed by atoms with Crippen LogP contribution in [0, 0.1) is 12.8 Å². The predicted octanol–water partition coefficient (Wildman–Crippen LogP) is 2.87. The lowest BCUT2D eigenvalue weighted by molar-refractivity contribution is 0.0931. The van der Waals surface area contributed by atoms with Gasteiger partial charge in [0.05, 0.1) is 6.10 Å². The largest absolute Gasteiger partial charge is 0.377 e. The highest BCUT2D eigenvalue weighted by Gasteiger charge is 2.33. The maximum absolute atomic E-state index is 5.88. The van der Waals surface area contributed by atoms with Crippen LogP contribution in [0.1, 0.15) is 31.4 Å². The van der Waals surface area contributed by atoms with Crippen LogP contribution in [0.2, 0.25) is 0 Å². The second-order valence-electron chi connectivity index (χ2n) is 6.38. The first kappa shape index (κ1) is 16.0. The summed E-state index contributed by atoms with van der Waals surface area (Å²) in [5.41, 5.74) is 6.80. The SMILES string of the molecule is COC1C=CC=CC1[C@H]1CCCCCN1c1cc(C)nc(N)n1. The summed E-state index contributed by atoms with van der Waals surface area (Å²) in [7, 11) is 1.79. The highest BCUT2D eigenvalue weighted by Crippen LogP contribution is 2.32. The lowest BCUT2D eigenvalue weighted by Gasteiger charge is -2.38. The average Bonchev–Trinajstić information content (AvgIpc) is 2.79. The molecular weight excluding hydrogens is 288 g/mol. The van der Waals surface area contributed by atoms with Crippen LogP contribution in [0.4, 0.5) is 11.8 Å². The van der Waals surface area contributed by atoms with Crippen molar-refractivity contribution in [1.29, 1.82) is 0 Å². The van der Waals surface area contributed by atoms with E-state index in [2.05, 4.69) is 39.2 Å². The number of aryl methyl sites for hydroxylation is 1. The van der Waals surface area contributed by atoms with Gasteiger partial charge in [0, 0.05) is 37.4 Å². The third kappa shape index (κ3) is 3.55. The molecular formula is C18H26N4O. The summed E-state index contributed by atoms with van der Waals surface area (Å²) in [6, 6.07) is 2.41. The summed E-state index contributed by atoms with van der Waals surface area (Å²) in [6.45, 7) is 2.97. The molecule has 2 N–H and O–H groups in total. The zero-order valence-corrected chi connectivity index (χ0v) is 14.0. The van der Waals surface area contributed by atoms with Crippen LogP contribution in [0.3, 0.4) is 0 Å². The molecule has 1 aromatic rings. The minimum Gasteiger partial charge on any atom is -0.377 e. The number of nitrogen functional groups attached to an aromatic ring is 1. The van der Waals surface area contributed by atoms with Gasteiger partial charge in [-0.25, -0.2) is 4.98 Å². The Bertz CT molecular complexity index is 578. The molecule has 5 heteroatoms. The number of hydrogen-bond acceptors (Lipinski definition) is 5. The smallest absolute Gasteiger partial charge is 0.222 e. The number of hydrogen-bond donors (Lipinski definition) is 1. The number of anilines is 2. The van der Waals surface area contributed by atoms with Gasteiger partial charge in [0.15, 0.2) is 0 Å². The van der Waals surface area contributed by atoms with Crippen molar-refractivity contribution in [1.82, 2.24) is 9.97 Å². The molecule has 0 amide bonds. The summed E-state index contributed by atoms with van der Waals surface area (Å²) in [4.78, 5) is 11.1. The first-order chi connectivity index (χ1) is 11.2. The van der Waals surface area contributed by atoms with Gasteiger partial charge in [0.2, 0.25) is 5.95 Å². The summed E-state index contributed by atoms with van der Waals surface area (Å²) < 4.78 is 5.71. The van der Waals surface area contributed by atoms with Gasteiger partial charge in [-0.05, 0) is 19.8 Å². The fourth-order valence-electron chi connectivity index (χ4n) is 3.73. The number of nitrogens with zero attached hydrogens (tertiary/aromatic N) is 3. The molecule has 1 aromatic heterocycles. The Morgan fingerprint density at radius 1 is 1.17 bits per heavy atom. The normalized spacial score (nSPS) is 27.9. The van der Waals surface area contributed by atoms with E-state index in [-0.39, 0.29) is 6.10 Å². The van der Waals surface area contributed by atoms with E-state index < -0.39 is 0 Å². The second kappa shape index (κ2) is 7.13. The molecule has 23 heavy (non-hydrogen) atoms. The maximum Gasteiger partial charge on any atom is 0.222 e. The number of allylic oxidation sites excluding steroid dienone is 2. The Balaban J connectivity index is 1.94. The third-order valence-electron chi connectivity index (χ3n) is 4.79. The number of methoxy groups -OCH3 is 1. The molecule has 1 fully saturated rings. The maximum atomic E-state index is 5.88. The van der Waals surface area contributed by atoms with Crippen molar-refractivity contribution in [3.05, 3.63) is 36.1 Å². The first-order valence-corrected chi connectivity index (χ1v) is 8.44. The van der Waals surface area contributed by atoms with Gasteiger partial charge in [0.1, 0.15) is 5.82 Å². The Morgan fingerprint density at radius 2 is 2.00 bits per heavy atom. The van der Waals surface area contributed by atoms with Crippen LogP contribution in [0.5, 0.6) is 0 Å². The fourth-order valence-corrected chi connectivity index (χ4v) is 3.73. The van der Waals surface area contributed by atoms with E-state index in [9.17, 15) is 0 Å². The van der Waals surface area contributed by atoms with Crippen molar-refractivity contribution in [2.24, 2.45) is 5.92 Å². The zero-order chi connectivity index (χ0) is 16.2. The molecule has 3 rings (SSSR count). The summed E-state index contributed by atoms with van der Waals surface area (Å²) in [5, 5.41) is 0. The van der Waals surface area contributed by atoms with Gasteiger partial charge in [0.25, 0.3) is 0 Å². The topological polar surface area (TPSA) is 64.3 Å². The van der Waals surface area contributed by atoms with Gasteiger partial charge in [-0.15, -0.1) is 0 Å². The van der Waals surface area contributed by atoms with E-state index in [1.165, 1.54) is 19.3 Å². The molecule has 0 spiro atoms. The lowest BCUT2D eigenvalue weighted by atomic mass is 9.86. The van der Waals surface area contributed by atoms with Crippen LogP contribution in [0.15, 0.2) is 30.4 Å². The van der Waals surface area contributed by atoms with E-state index in [1.807, 2.05) is 13.0 Å². The van der Waals surface area contributed by atoms with Gasteiger partial charge in [-0.2, -0.15) is 4.98 Å². The number of ether oxygens (including phenoxy) is 1. The average molecular weight is 314 g/mol. The number of nitrogens with two attached hydrogens (primary N) is 1. The van der Waals surface area contributed by atoms with E-state index >= 15 is 0 Å². The molecule has 0 bridgehead atoms. The second-order valence-corrected chi connectivity index (χ2v) is 6.38. The number of aromatic nitrogens is 2. The quantitative estimate of drug-likeness (QED) is 0.929. The van der Waals surface area contributed by atoms with Crippen LogP contribution < -0.4 is 10.6 Å². The standard InChI is InChI=1S/C18H26N4O/c1-13-12-17(21-18(19)20-13)22-11-7-3-4-9-15(22)14-8-5-6-10-16(14)23-2/h5-6,8,10,12,14-16H,3-4,7,9,11H2,1-2H3,(H2,19,20,21)/t14?,15-,16?/m1/s1. The summed E-state index contributed by atoms with van der Waals surface area (Å²) in [5.74, 6) is 1.63. The Kier molecular flexibility index (Phi) is 4.96. The van der Waals surface area contributed by atoms with E-state index in [4.69, 9.17) is 10.5 Å². The van der Waals surface area contributed by atoms with E-state index in [0.717, 1.165) is 24.5 Å². The Morgan fingerprint density at radius 3 is 2.78 bits per heavy atom. The zero-order valence-electron chi connectivity index (χ0n) is 14.0. The molecule has 124 valence electrons. The minimum atomic E-state index is 0.117. The first-order valence-electron chi connectivity index (χ1n) is 8.44. The van der Waals surface area contributed by atoms with Crippen molar-refractivity contribution in [2.45, 2.75) is 44.8 Å². The van der Waals surface area contributed by atoms with Crippen LogP contribution in [0.25, 0.3) is 0 Å². The monoisotopic (exact) mass is 314 g/mol. The molecule has 2 aliphatic rings. The number of rotatable bonds is 3. The van der Waals surface area contributed by atoms with Gasteiger partial charge < -0.3 is 15.4 Å². The van der Waals surface area contributed by atoms with Crippen molar-refractivity contribution < 1.29 is 4.74 Å². The van der Waals surface area contributed by atoms with Crippen molar-refractivity contribution >= 4 is 11.8 Å². The van der Waals surface area contributed by atoms with Crippen LogP contribution in [-0.4, -0.2) is 35.8 Å².